The van der Waals surface area contributed by atoms with Crippen LogP contribution in [0.3, 0.4) is 0 Å². The molecule has 0 aliphatic heterocycles. The van der Waals surface area contributed by atoms with E-state index in [9.17, 15) is 4.79 Å². The summed E-state index contributed by atoms with van der Waals surface area (Å²) >= 11 is 3.89. The van der Waals surface area contributed by atoms with Crippen molar-refractivity contribution in [2.24, 2.45) is 5.73 Å². The smallest absolute Gasteiger partial charge is 0.323 e. The maximum absolute atomic E-state index is 11.1. The first-order chi connectivity index (χ1) is 7.22. The fraction of sp³-hybridized carbons (Fsp3) is 0.889. The van der Waals surface area contributed by atoms with Gasteiger partial charge in [0.15, 0.2) is 0 Å². The van der Waals surface area contributed by atoms with Gasteiger partial charge < -0.3 is 19.9 Å². The highest BCUT2D eigenvalue weighted by molar-refractivity contribution is 7.80. The summed E-state index contributed by atoms with van der Waals surface area (Å²) in [5.41, 5.74) is 5.40. The predicted molar refractivity (Wildman–Crippen MR) is 60.1 cm³/mol. The standard InChI is InChI=1S/C9H19NO4S/c1-12-5-6-13-3-2-4-14-9(11)8(10)7-15/h8,15H,2-7,10H2,1H3/t8-/m0/s1. The van der Waals surface area contributed by atoms with Crippen molar-refractivity contribution in [2.45, 2.75) is 12.5 Å². The number of ether oxygens (including phenoxy) is 3. The number of hydrogen-bond donors (Lipinski definition) is 2. The molecular formula is C9H19NO4S. The number of hydrogen-bond acceptors (Lipinski definition) is 6. The molecule has 6 heteroatoms. The first kappa shape index (κ1) is 14.7. The number of rotatable bonds is 9. The molecule has 0 fully saturated rings. The van der Waals surface area contributed by atoms with Gasteiger partial charge in [-0.25, -0.2) is 0 Å². The molecule has 15 heavy (non-hydrogen) atoms. The molecule has 0 unspecified atom stereocenters. The molecule has 0 aromatic rings. The van der Waals surface area contributed by atoms with Gasteiger partial charge in [0.05, 0.1) is 19.8 Å². The molecule has 0 aliphatic rings. The number of nitrogens with two attached hydrogens (primary N) is 1. The van der Waals surface area contributed by atoms with Gasteiger partial charge in [0.1, 0.15) is 6.04 Å². The zero-order valence-corrected chi connectivity index (χ0v) is 9.87. The summed E-state index contributed by atoms with van der Waals surface area (Å²) in [7, 11) is 1.62. The van der Waals surface area contributed by atoms with Crippen LogP contribution in [0.1, 0.15) is 6.42 Å². The van der Waals surface area contributed by atoms with Gasteiger partial charge in [0, 0.05) is 25.9 Å². The Morgan fingerprint density at radius 3 is 2.67 bits per heavy atom. The molecule has 0 aromatic heterocycles. The number of esters is 1. The number of thiol groups is 1. The van der Waals surface area contributed by atoms with Gasteiger partial charge in [-0.15, -0.1) is 0 Å². The van der Waals surface area contributed by atoms with Gasteiger partial charge in [-0.05, 0) is 0 Å². The second kappa shape index (κ2) is 10.2. The average Bonchev–Trinajstić information content (AvgIpc) is 2.26. The maximum Gasteiger partial charge on any atom is 0.323 e. The van der Waals surface area contributed by atoms with E-state index in [1.54, 1.807) is 7.11 Å². The monoisotopic (exact) mass is 237 g/mol. The summed E-state index contributed by atoms with van der Waals surface area (Å²) in [6.45, 7) is 2.00. The van der Waals surface area contributed by atoms with Crippen molar-refractivity contribution >= 4 is 18.6 Å². The Morgan fingerprint density at radius 1 is 1.33 bits per heavy atom. The van der Waals surface area contributed by atoms with E-state index >= 15 is 0 Å². The predicted octanol–water partition coefficient (Wildman–Crippen LogP) is -0.160. The van der Waals surface area contributed by atoms with Gasteiger partial charge in [0.25, 0.3) is 0 Å². The Balaban J connectivity index is 3.20. The van der Waals surface area contributed by atoms with E-state index in [0.717, 1.165) is 0 Å². The SMILES string of the molecule is COCCOCCCOC(=O)[C@@H](N)CS. The van der Waals surface area contributed by atoms with E-state index < -0.39 is 12.0 Å². The third-order valence-corrected chi connectivity index (χ3v) is 2.00. The van der Waals surface area contributed by atoms with Crippen LogP contribution in [0.25, 0.3) is 0 Å². The highest BCUT2D eigenvalue weighted by atomic mass is 32.1. The summed E-state index contributed by atoms with van der Waals surface area (Å²) in [5, 5.41) is 0. The molecular weight excluding hydrogens is 218 g/mol. The second-order valence-electron chi connectivity index (χ2n) is 2.92. The largest absolute Gasteiger partial charge is 0.464 e. The van der Waals surface area contributed by atoms with Crippen LogP contribution in [0.15, 0.2) is 0 Å². The summed E-state index contributed by atoms with van der Waals surface area (Å²) in [6.07, 6.45) is 0.661. The topological polar surface area (TPSA) is 70.8 Å². The third-order valence-electron chi connectivity index (χ3n) is 1.61. The van der Waals surface area contributed by atoms with E-state index in [-0.39, 0.29) is 0 Å². The first-order valence-electron chi connectivity index (χ1n) is 4.82. The van der Waals surface area contributed by atoms with Gasteiger partial charge >= 0.3 is 5.97 Å². The second-order valence-corrected chi connectivity index (χ2v) is 3.28. The van der Waals surface area contributed by atoms with Crippen LogP contribution in [-0.2, 0) is 19.0 Å². The Morgan fingerprint density at radius 2 is 2.07 bits per heavy atom. The van der Waals surface area contributed by atoms with Crippen LogP contribution in [0.5, 0.6) is 0 Å². The lowest BCUT2D eigenvalue weighted by Gasteiger charge is -2.08. The molecule has 0 saturated carbocycles. The normalized spacial score (nSPS) is 12.5. The molecule has 0 aromatic carbocycles. The Bertz CT molecular complexity index is 168. The lowest BCUT2D eigenvalue weighted by molar-refractivity contribution is -0.145. The van der Waals surface area contributed by atoms with E-state index in [0.29, 0.717) is 38.6 Å². The lowest BCUT2D eigenvalue weighted by Crippen LogP contribution is -2.34. The Labute approximate surface area is 95.7 Å². The van der Waals surface area contributed by atoms with Crippen molar-refractivity contribution in [1.82, 2.24) is 0 Å². The molecule has 0 rings (SSSR count). The molecule has 0 saturated heterocycles. The van der Waals surface area contributed by atoms with Gasteiger partial charge in [-0.3, -0.25) is 4.79 Å². The summed E-state index contributed by atoms with van der Waals surface area (Å²) in [6, 6.07) is -0.636. The lowest BCUT2D eigenvalue weighted by atomic mass is 10.4. The van der Waals surface area contributed by atoms with E-state index in [1.807, 2.05) is 0 Å². The van der Waals surface area contributed by atoms with Crippen LogP contribution >= 0.6 is 12.6 Å². The van der Waals surface area contributed by atoms with E-state index in [2.05, 4.69) is 12.6 Å². The number of methoxy groups -OCH3 is 1. The minimum Gasteiger partial charge on any atom is -0.464 e. The Kier molecular flexibility index (Phi) is 10.0. The van der Waals surface area contributed by atoms with Crippen LogP contribution in [0.4, 0.5) is 0 Å². The first-order valence-corrected chi connectivity index (χ1v) is 5.45. The van der Waals surface area contributed by atoms with Crippen molar-refractivity contribution in [2.75, 3.05) is 39.3 Å². The number of carbonyl (C=O) groups is 1. The zero-order chi connectivity index (χ0) is 11.5. The molecule has 0 spiro atoms. The van der Waals surface area contributed by atoms with Crippen molar-refractivity contribution in [3.05, 3.63) is 0 Å². The van der Waals surface area contributed by atoms with Crippen LogP contribution < -0.4 is 5.73 Å². The quantitative estimate of drug-likeness (QED) is 0.331. The van der Waals surface area contributed by atoms with Gasteiger partial charge in [0.2, 0.25) is 0 Å². The van der Waals surface area contributed by atoms with Crippen molar-refractivity contribution in [1.29, 1.82) is 0 Å². The minimum atomic E-state index is -0.636. The Hall–Kier alpha value is -0.300. The molecule has 5 nitrogen and oxygen atoms in total. The third kappa shape index (κ3) is 8.68. The molecule has 0 amide bonds. The highest BCUT2D eigenvalue weighted by Crippen LogP contribution is 1.91. The van der Waals surface area contributed by atoms with Crippen molar-refractivity contribution in [3.8, 4) is 0 Å². The molecule has 0 aliphatic carbocycles. The van der Waals surface area contributed by atoms with E-state index in [1.165, 1.54) is 0 Å². The minimum absolute atomic E-state index is 0.295. The average molecular weight is 237 g/mol. The summed E-state index contributed by atoms with van der Waals surface area (Å²) in [4.78, 5) is 11.1. The van der Waals surface area contributed by atoms with Gasteiger partial charge in [-0.1, -0.05) is 0 Å². The molecule has 0 bridgehead atoms. The van der Waals surface area contributed by atoms with Crippen LogP contribution in [0.2, 0.25) is 0 Å². The highest BCUT2D eigenvalue weighted by Gasteiger charge is 2.11. The molecule has 0 radical (unpaired) electrons. The fourth-order valence-electron chi connectivity index (χ4n) is 0.760. The van der Waals surface area contributed by atoms with E-state index in [4.69, 9.17) is 19.9 Å². The van der Waals surface area contributed by atoms with Crippen molar-refractivity contribution < 1.29 is 19.0 Å². The number of carbonyl (C=O) groups excluding carboxylic acids is 1. The van der Waals surface area contributed by atoms with Crippen LogP contribution in [0, 0.1) is 0 Å². The zero-order valence-electron chi connectivity index (χ0n) is 8.98. The maximum atomic E-state index is 11.1. The summed E-state index contributed by atoms with van der Waals surface area (Å²) in [5.74, 6) is -0.120. The fourth-order valence-corrected chi connectivity index (χ4v) is 0.909. The van der Waals surface area contributed by atoms with Crippen LogP contribution in [-0.4, -0.2) is 51.3 Å². The molecule has 1 atom stereocenters. The molecule has 90 valence electrons. The molecule has 0 heterocycles. The molecule has 2 N–H and O–H groups in total. The van der Waals surface area contributed by atoms with Crippen molar-refractivity contribution in [3.63, 3.8) is 0 Å². The summed E-state index contributed by atoms with van der Waals surface area (Å²) < 4.78 is 14.9. The van der Waals surface area contributed by atoms with Gasteiger partial charge in [-0.2, -0.15) is 12.6 Å².